The lowest BCUT2D eigenvalue weighted by molar-refractivity contribution is -0.00000709. The first-order valence-corrected chi connectivity index (χ1v) is 15.0. The fraction of sp³-hybridized carbons (Fsp3) is 0.0270. The summed E-state index contributed by atoms with van der Waals surface area (Å²) >= 11 is 0. The van der Waals surface area contributed by atoms with Gasteiger partial charge in [0, 0.05) is 11.5 Å². The van der Waals surface area contributed by atoms with Crippen LogP contribution in [0.25, 0.3) is 11.1 Å². The number of hydrogen-bond donors (Lipinski definition) is 0. The van der Waals surface area contributed by atoms with Crippen molar-refractivity contribution in [2.75, 3.05) is 0 Å². The first-order chi connectivity index (χ1) is 18.9. The summed E-state index contributed by atoms with van der Waals surface area (Å²) in [5.74, 6) is 0.189. The molecule has 0 heterocycles. The van der Waals surface area contributed by atoms with Gasteiger partial charge in [-0.3, -0.25) is 0 Å². The molecule has 188 valence electrons. The van der Waals surface area contributed by atoms with Crippen molar-refractivity contribution in [2.45, 2.75) is 5.92 Å². The molecule has 0 aromatic heterocycles. The minimum atomic E-state index is -2.22. The van der Waals surface area contributed by atoms with Crippen LogP contribution < -0.4 is 38.2 Å². The van der Waals surface area contributed by atoms with Crippen molar-refractivity contribution in [2.24, 2.45) is 0 Å². The van der Waals surface area contributed by atoms with Gasteiger partial charge in [-0.15, -0.1) is 0 Å². The van der Waals surface area contributed by atoms with Crippen LogP contribution in [-0.2, 0) is 0 Å². The Labute approximate surface area is 242 Å². The lowest BCUT2D eigenvalue weighted by atomic mass is 9.89. The van der Waals surface area contributed by atoms with Gasteiger partial charge in [0.05, 0.1) is 0 Å². The highest BCUT2D eigenvalue weighted by molar-refractivity contribution is 8.01. The molecule has 0 saturated heterocycles. The van der Waals surface area contributed by atoms with E-state index < -0.39 is 7.26 Å². The van der Waals surface area contributed by atoms with Crippen molar-refractivity contribution in [1.29, 1.82) is 0 Å². The normalized spacial score (nSPS) is 12.3. The average Bonchev–Trinajstić information content (AvgIpc) is 3.34. The lowest BCUT2D eigenvalue weighted by Gasteiger charge is -2.31. The highest BCUT2D eigenvalue weighted by Gasteiger charge is 2.50. The highest BCUT2D eigenvalue weighted by atomic mass is 79.9. The Bertz CT molecular complexity index is 1570. The number of halogens is 1. The van der Waals surface area contributed by atoms with Gasteiger partial charge in [-0.25, -0.2) is 0 Å². The highest BCUT2D eigenvalue weighted by Crippen LogP contribution is 2.57. The minimum Gasteiger partial charge on any atom is -1.00 e. The molecule has 0 N–H and O–H groups in total. The van der Waals surface area contributed by atoms with E-state index in [9.17, 15) is 0 Å². The Balaban J connectivity index is 0.00000277. The van der Waals surface area contributed by atoms with Gasteiger partial charge >= 0.3 is 0 Å². The number of benzene rings is 6. The molecule has 0 amide bonds. The van der Waals surface area contributed by atoms with Crippen LogP contribution in [0, 0.1) is 0 Å². The van der Waals surface area contributed by atoms with Crippen molar-refractivity contribution in [3.05, 3.63) is 180 Å². The second-order valence-corrected chi connectivity index (χ2v) is 13.2. The van der Waals surface area contributed by atoms with Crippen molar-refractivity contribution in [3.8, 4) is 11.1 Å². The monoisotopic (exact) mass is 582 g/mol. The van der Waals surface area contributed by atoms with Crippen LogP contribution in [-0.4, -0.2) is 0 Å². The second kappa shape index (κ2) is 10.8. The van der Waals surface area contributed by atoms with Gasteiger partial charge in [-0.2, -0.15) is 0 Å². The number of hydrogen-bond acceptors (Lipinski definition) is 0. The summed E-state index contributed by atoms with van der Waals surface area (Å²) in [4.78, 5) is 0. The molecule has 0 bridgehead atoms. The molecule has 0 unspecified atom stereocenters. The summed E-state index contributed by atoms with van der Waals surface area (Å²) in [5, 5.41) is 5.57. The molecule has 1 aliphatic carbocycles. The maximum atomic E-state index is 2.40. The van der Waals surface area contributed by atoms with E-state index >= 15 is 0 Å². The van der Waals surface area contributed by atoms with Crippen molar-refractivity contribution >= 4 is 28.5 Å². The van der Waals surface area contributed by atoms with Gasteiger partial charge in [0.15, 0.2) is 0 Å². The molecule has 0 fully saturated rings. The van der Waals surface area contributed by atoms with Gasteiger partial charge in [0.1, 0.15) is 28.5 Å². The predicted molar refractivity (Wildman–Crippen MR) is 164 cm³/mol. The quantitative estimate of drug-likeness (QED) is 0.263. The Morgan fingerprint density at radius 3 is 1.10 bits per heavy atom. The summed E-state index contributed by atoms with van der Waals surface area (Å²) in [7, 11) is -2.22. The van der Waals surface area contributed by atoms with Crippen molar-refractivity contribution in [1.82, 2.24) is 0 Å². The molecule has 6 aromatic rings. The third kappa shape index (κ3) is 4.09. The Morgan fingerprint density at radius 1 is 0.333 bits per heavy atom. The standard InChI is InChI=1S/C37H28P.BrH/c1-4-16-28(17-5-1)38(29-18-6-2-7-19-29,30-20-8-3-9-21-30)36-27-15-14-26-35(36)37-33-24-12-10-22-31(33)32-23-11-13-25-34(32)37;/h1-27,37H;1H/q+1;/p-1. The smallest absolute Gasteiger partial charge is 0.144 e. The average molecular weight is 584 g/mol. The number of rotatable bonds is 5. The van der Waals surface area contributed by atoms with E-state index in [1.165, 1.54) is 49.0 Å². The summed E-state index contributed by atoms with van der Waals surface area (Å²) in [6, 6.07) is 60.7. The van der Waals surface area contributed by atoms with Crippen LogP contribution in [0.2, 0.25) is 0 Å². The van der Waals surface area contributed by atoms with Crippen LogP contribution in [0.3, 0.4) is 0 Å². The SMILES string of the molecule is [Br-].c1ccc([P+](c2ccccc2)(c2ccccc2)c2ccccc2C2c3ccccc3-c3ccccc32)cc1. The maximum absolute atomic E-state index is 2.40. The van der Waals surface area contributed by atoms with Crippen LogP contribution in [0.15, 0.2) is 164 Å². The summed E-state index contributed by atoms with van der Waals surface area (Å²) in [5.41, 5.74) is 6.90. The molecule has 0 spiro atoms. The van der Waals surface area contributed by atoms with E-state index in [2.05, 4.69) is 164 Å². The van der Waals surface area contributed by atoms with Gasteiger partial charge < -0.3 is 17.0 Å². The zero-order valence-electron chi connectivity index (χ0n) is 21.5. The lowest BCUT2D eigenvalue weighted by Crippen LogP contribution is -3.00. The van der Waals surface area contributed by atoms with E-state index in [-0.39, 0.29) is 22.9 Å². The van der Waals surface area contributed by atoms with E-state index in [0.717, 1.165) is 0 Å². The summed E-state index contributed by atoms with van der Waals surface area (Å²) in [6.45, 7) is 0. The molecule has 0 nitrogen and oxygen atoms in total. The fourth-order valence-corrected chi connectivity index (χ4v) is 10.8. The molecule has 0 radical (unpaired) electrons. The molecular weight excluding hydrogens is 555 g/mol. The van der Waals surface area contributed by atoms with E-state index in [1.807, 2.05) is 0 Å². The first-order valence-electron chi connectivity index (χ1n) is 13.2. The maximum Gasteiger partial charge on any atom is 0.144 e. The zero-order valence-corrected chi connectivity index (χ0v) is 24.0. The second-order valence-electron chi connectivity index (χ2n) is 9.84. The van der Waals surface area contributed by atoms with Crippen molar-refractivity contribution in [3.63, 3.8) is 0 Å². The third-order valence-corrected chi connectivity index (χ3v) is 12.2. The zero-order chi connectivity index (χ0) is 25.4. The van der Waals surface area contributed by atoms with E-state index in [0.29, 0.717) is 0 Å². The molecule has 39 heavy (non-hydrogen) atoms. The molecule has 7 rings (SSSR count). The molecule has 0 saturated carbocycles. The molecule has 0 aliphatic heterocycles. The first kappa shape index (κ1) is 25.5. The van der Waals surface area contributed by atoms with Gasteiger partial charge in [0.2, 0.25) is 0 Å². The molecule has 0 atom stereocenters. The number of fused-ring (bicyclic) bond motifs is 3. The summed E-state index contributed by atoms with van der Waals surface area (Å²) in [6.07, 6.45) is 0. The largest absolute Gasteiger partial charge is 1.00 e. The van der Waals surface area contributed by atoms with E-state index in [4.69, 9.17) is 0 Å². The molecule has 6 aromatic carbocycles. The van der Waals surface area contributed by atoms with Gasteiger partial charge in [-0.1, -0.05) is 121 Å². The van der Waals surface area contributed by atoms with Crippen LogP contribution in [0.1, 0.15) is 22.6 Å². The third-order valence-electron chi connectivity index (χ3n) is 7.87. The topological polar surface area (TPSA) is 0 Å². The van der Waals surface area contributed by atoms with E-state index in [1.54, 1.807) is 0 Å². The summed E-state index contributed by atoms with van der Waals surface area (Å²) < 4.78 is 0. The Hall–Kier alpha value is -3.77. The fourth-order valence-electron chi connectivity index (χ4n) is 6.35. The van der Waals surface area contributed by atoms with Crippen LogP contribution in [0.5, 0.6) is 0 Å². The minimum absolute atomic E-state index is 0. The Kier molecular flexibility index (Phi) is 7.05. The van der Waals surface area contributed by atoms with Crippen molar-refractivity contribution < 1.29 is 17.0 Å². The molecule has 1 aliphatic rings. The van der Waals surface area contributed by atoms with Crippen LogP contribution >= 0.6 is 7.26 Å². The van der Waals surface area contributed by atoms with Crippen LogP contribution in [0.4, 0.5) is 0 Å². The molecule has 2 heteroatoms. The van der Waals surface area contributed by atoms with Gasteiger partial charge in [0.25, 0.3) is 0 Å². The predicted octanol–water partition coefficient (Wildman–Crippen LogP) is 4.47. The Morgan fingerprint density at radius 2 is 0.667 bits per heavy atom. The van der Waals surface area contributed by atoms with Gasteiger partial charge in [-0.05, 0) is 64.7 Å². The molecular formula is C37H28BrP.